The minimum absolute atomic E-state index is 0.0796. The highest BCUT2D eigenvalue weighted by molar-refractivity contribution is 14.1. The van der Waals surface area contributed by atoms with Crippen molar-refractivity contribution in [2.75, 3.05) is 5.32 Å². The number of para-hydroxylation sites is 1. The fourth-order valence-corrected chi connectivity index (χ4v) is 3.47. The van der Waals surface area contributed by atoms with E-state index in [1.165, 1.54) is 0 Å². The summed E-state index contributed by atoms with van der Waals surface area (Å²) in [6.07, 6.45) is 0. The van der Waals surface area contributed by atoms with Gasteiger partial charge in [-0.05, 0) is 52.2 Å². The summed E-state index contributed by atoms with van der Waals surface area (Å²) in [6.45, 7) is 0. The van der Waals surface area contributed by atoms with Crippen LogP contribution >= 0.6 is 33.9 Å². The van der Waals surface area contributed by atoms with Gasteiger partial charge in [0.15, 0.2) is 0 Å². The summed E-state index contributed by atoms with van der Waals surface area (Å²) in [6, 6.07) is 19.5. The molecule has 3 rings (SSSR count). The third-order valence-corrected chi connectivity index (χ3v) is 4.92. The molecule has 0 aliphatic heterocycles. The van der Waals surface area contributed by atoms with Gasteiger partial charge in [0.05, 0.1) is 5.56 Å². The molecule has 0 fully saturated rings. The first-order valence-electron chi connectivity index (χ1n) is 6.44. The predicted molar refractivity (Wildman–Crippen MR) is 96.9 cm³/mol. The van der Waals surface area contributed by atoms with E-state index < -0.39 is 0 Å². The molecule has 0 radical (unpaired) electrons. The van der Waals surface area contributed by atoms with E-state index in [0.29, 0.717) is 5.56 Å². The number of carbonyl (C=O) groups excluding carboxylic acids is 1. The Morgan fingerprint density at radius 1 is 0.952 bits per heavy atom. The van der Waals surface area contributed by atoms with Crippen molar-refractivity contribution in [1.82, 2.24) is 0 Å². The SMILES string of the molecule is O=C(Nc1ccccc1-c1cccs1)c1ccccc1I. The summed E-state index contributed by atoms with van der Waals surface area (Å²) < 4.78 is 0.946. The lowest BCUT2D eigenvalue weighted by Crippen LogP contribution is -2.13. The van der Waals surface area contributed by atoms with Crippen molar-refractivity contribution in [3.05, 3.63) is 75.2 Å². The molecule has 2 aromatic carbocycles. The van der Waals surface area contributed by atoms with Crippen molar-refractivity contribution in [3.63, 3.8) is 0 Å². The van der Waals surface area contributed by atoms with Gasteiger partial charge in [-0.15, -0.1) is 11.3 Å². The summed E-state index contributed by atoms with van der Waals surface area (Å²) in [4.78, 5) is 13.6. The Labute approximate surface area is 141 Å². The smallest absolute Gasteiger partial charge is 0.256 e. The molecular weight excluding hydrogens is 393 g/mol. The lowest BCUT2D eigenvalue weighted by Gasteiger charge is -2.10. The van der Waals surface area contributed by atoms with Crippen molar-refractivity contribution in [2.45, 2.75) is 0 Å². The molecule has 1 heterocycles. The number of benzene rings is 2. The van der Waals surface area contributed by atoms with Crippen LogP contribution < -0.4 is 5.32 Å². The van der Waals surface area contributed by atoms with Crippen LogP contribution in [0.3, 0.4) is 0 Å². The average Bonchev–Trinajstić information content (AvgIpc) is 3.02. The van der Waals surface area contributed by atoms with Crippen LogP contribution in [0.1, 0.15) is 10.4 Å². The fourth-order valence-electron chi connectivity index (χ4n) is 2.07. The van der Waals surface area contributed by atoms with Crippen LogP contribution in [0.2, 0.25) is 0 Å². The summed E-state index contributed by atoms with van der Waals surface area (Å²) in [7, 11) is 0. The fraction of sp³-hybridized carbons (Fsp3) is 0. The maximum absolute atomic E-state index is 12.4. The molecule has 0 atom stereocenters. The Morgan fingerprint density at radius 2 is 1.71 bits per heavy atom. The number of anilines is 1. The van der Waals surface area contributed by atoms with Gasteiger partial charge in [-0.3, -0.25) is 4.79 Å². The highest BCUT2D eigenvalue weighted by atomic mass is 127. The van der Waals surface area contributed by atoms with Crippen molar-refractivity contribution < 1.29 is 4.79 Å². The Kier molecular flexibility index (Phi) is 4.36. The lowest BCUT2D eigenvalue weighted by molar-refractivity contribution is 0.102. The summed E-state index contributed by atoms with van der Waals surface area (Å²) in [5.41, 5.74) is 2.58. The zero-order chi connectivity index (χ0) is 14.7. The number of hydrogen-bond acceptors (Lipinski definition) is 2. The number of halogens is 1. The van der Waals surface area contributed by atoms with Crippen LogP contribution in [0.15, 0.2) is 66.0 Å². The molecule has 3 aromatic rings. The van der Waals surface area contributed by atoms with E-state index in [0.717, 1.165) is 19.7 Å². The van der Waals surface area contributed by atoms with E-state index >= 15 is 0 Å². The molecule has 0 saturated heterocycles. The molecule has 0 aliphatic rings. The van der Waals surface area contributed by atoms with Gasteiger partial charge in [0.2, 0.25) is 0 Å². The maximum atomic E-state index is 12.4. The molecule has 4 heteroatoms. The van der Waals surface area contributed by atoms with Gasteiger partial charge < -0.3 is 5.32 Å². The quantitative estimate of drug-likeness (QED) is 0.591. The van der Waals surface area contributed by atoms with Crippen LogP contribution in [0.5, 0.6) is 0 Å². The van der Waals surface area contributed by atoms with Gasteiger partial charge in [-0.1, -0.05) is 36.4 Å². The predicted octanol–water partition coefficient (Wildman–Crippen LogP) is 5.27. The van der Waals surface area contributed by atoms with E-state index in [4.69, 9.17) is 0 Å². The Hall–Kier alpha value is -1.66. The minimum Gasteiger partial charge on any atom is -0.321 e. The molecule has 0 spiro atoms. The van der Waals surface area contributed by atoms with Gasteiger partial charge in [-0.25, -0.2) is 0 Å². The molecule has 104 valence electrons. The number of carbonyl (C=O) groups is 1. The number of nitrogens with one attached hydrogen (secondary N) is 1. The normalized spacial score (nSPS) is 10.3. The third-order valence-electron chi connectivity index (χ3n) is 3.08. The van der Waals surface area contributed by atoms with Crippen LogP contribution in [0.25, 0.3) is 10.4 Å². The zero-order valence-corrected chi connectivity index (χ0v) is 14.0. The molecule has 1 aromatic heterocycles. The Bertz CT molecular complexity index is 768. The number of thiophene rings is 1. The standard InChI is InChI=1S/C17H12INOS/c18-14-8-3-1-6-12(14)17(20)19-15-9-4-2-7-13(15)16-10-5-11-21-16/h1-11H,(H,19,20). The largest absolute Gasteiger partial charge is 0.321 e. The van der Waals surface area contributed by atoms with Crippen molar-refractivity contribution >= 4 is 45.5 Å². The summed E-state index contributed by atoms with van der Waals surface area (Å²) >= 11 is 3.84. The van der Waals surface area contributed by atoms with Gasteiger partial charge in [0, 0.05) is 19.7 Å². The highest BCUT2D eigenvalue weighted by Gasteiger charge is 2.12. The number of hydrogen-bond donors (Lipinski definition) is 1. The highest BCUT2D eigenvalue weighted by Crippen LogP contribution is 2.31. The molecule has 0 saturated carbocycles. The first-order valence-corrected chi connectivity index (χ1v) is 8.40. The van der Waals surface area contributed by atoms with Gasteiger partial charge in [0.1, 0.15) is 0 Å². The van der Waals surface area contributed by atoms with Crippen LogP contribution in [-0.4, -0.2) is 5.91 Å². The Morgan fingerprint density at radius 3 is 2.48 bits per heavy atom. The zero-order valence-electron chi connectivity index (χ0n) is 11.0. The Balaban J connectivity index is 1.93. The monoisotopic (exact) mass is 405 g/mol. The van der Waals surface area contributed by atoms with Crippen molar-refractivity contribution in [1.29, 1.82) is 0 Å². The third kappa shape index (κ3) is 3.16. The average molecular weight is 405 g/mol. The van der Waals surface area contributed by atoms with E-state index in [1.54, 1.807) is 11.3 Å². The molecule has 0 unspecified atom stereocenters. The summed E-state index contributed by atoms with van der Waals surface area (Å²) in [5, 5.41) is 5.05. The minimum atomic E-state index is -0.0796. The van der Waals surface area contributed by atoms with Gasteiger partial charge in [-0.2, -0.15) is 0 Å². The number of amides is 1. The van der Waals surface area contributed by atoms with Crippen molar-refractivity contribution in [3.8, 4) is 10.4 Å². The summed E-state index contributed by atoms with van der Waals surface area (Å²) in [5.74, 6) is -0.0796. The lowest BCUT2D eigenvalue weighted by atomic mass is 10.1. The topological polar surface area (TPSA) is 29.1 Å². The second-order valence-electron chi connectivity index (χ2n) is 4.46. The van der Waals surface area contributed by atoms with Crippen LogP contribution in [-0.2, 0) is 0 Å². The second-order valence-corrected chi connectivity index (χ2v) is 6.57. The molecule has 2 nitrogen and oxygen atoms in total. The van der Waals surface area contributed by atoms with Gasteiger partial charge in [0.25, 0.3) is 5.91 Å². The maximum Gasteiger partial charge on any atom is 0.256 e. The van der Waals surface area contributed by atoms with Crippen LogP contribution in [0, 0.1) is 3.57 Å². The van der Waals surface area contributed by atoms with Crippen molar-refractivity contribution in [2.24, 2.45) is 0 Å². The van der Waals surface area contributed by atoms with E-state index in [1.807, 2.05) is 60.0 Å². The van der Waals surface area contributed by atoms with Gasteiger partial charge >= 0.3 is 0 Å². The van der Waals surface area contributed by atoms with E-state index in [-0.39, 0.29) is 5.91 Å². The number of rotatable bonds is 3. The molecule has 1 amide bonds. The first kappa shape index (κ1) is 14.3. The molecule has 1 N–H and O–H groups in total. The van der Waals surface area contributed by atoms with E-state index in [2.05, 4.69) is 34.0 Å². The second kappa shape index (κ2) is 6.41. The molecular formula is C17H12INOS. The molecule has 0 bridgehead atoms. The molecule has 21 heavy (non-hydrogen) atoms. The van der Waals surface area contributed by atoms with Crippen LogP contribution in [0.4, 0.5) is 5.69 Å². The first-order chi connectivity index (χ1) is 10.3. The molecule has 0 aliphatic carbocycles. The van der Waals surface area contributed by atoms with E-state index in [9.17, 15) is 4.79 Å².